The molecule has 1 saturated heterocycles. The first kappa shape index (κ1) is 16.3. The molecule has 20 heavy (non-hydrogen) atoms. The minimum Gasteiger partial charge on any atom is -0.330 e. The molecule has 1 spiro atoms. The summed E-state index contributed by atoms with van der Waals surface area (Å²) in [6.45, 7) is 9.50. The van der Waals surface area contributed by atoms with E-state index in [0.717, 1.165) is 6.54 Å². The summed E-state index contributed by atoms with van der Waals surface area (Å²) in [7, 11) is 0. The topological polar surface area (TPSA) is 29.3 Å². The molecule has 0 aromatic heterocycles. The molecule has 1 aliphatic heterocycles. The molecule has 0 atom stereocenters. The van der Waals surface area contributed by atoms with E-state index in [2.05, 4.69) is 18.7 Å². The number of nitrogens with zero attached hydrogens (tertiary/aromatic N) is 1. The van der Waals surface area contributed by atoms with Crippen molar-refractivity contribution in [3.05, 3.63) is 0 Å². The van der Waals surface area contributed by atoms with Crippen molar-refractivity contribution in [2.45, 2.75) is 78.1 Å². The van der Waals surface area contributed by atoms with Gasteiger partial charge in [0, 0.05) is 6.54 Å². The molecule has 1 heterocycles. The predicted octanol–water partition coefficient (Wildman–Crippen LogP) is 4.19. The second-order valence-corrected chi connectivity index (χ2v) is 7.67. The van der Waals surface area contributed by atoms with Gasteiger partial charge < -0.3 is 10.6 Å². The van der Waals surface area contributed by atoms with Gasteiger partial charge in [-0.05, 0) is 81.8 Å². The lowest BCUT2D eigenvalue weighted by molar-refractivity contribution is 0.0647. The zero-order chi connectivity index (χ0) is 14.5. The van der Waals surface area contributed by atoms with Crippen LogP contribution in [-0.4, -0.2) is 31.1 Å². The van der Waals surface area contributed by atoms with Crippen molar-refractivity contribution in [1.82, 2.24) is 4.90 Å². The highest BCUT2D eigenvalue weighted by atomic mass is 15.2. The summed E-state index contributed by atoms with van der Waals surface area (Å²) >= 11 is 0. The lowest BCUT2D eigenvalue weighted by Crippen LogP contribution is -2.36. The summed E-state index contributed by atoms with van der Waals surface area (Å²) in [5.74, 6) is 0. The Kier molecular flexibility index (Phi) is 5.92. The lowest BCUT2D eigenvalue weighted by Gasteiger charge is -2.45. The average Bonchev–Trinajstić information content (AvgIpc) is 2.85. The van der Waals surface area contributed by atoms with Gasteiger partial charge >= 0.3 is 0 Å². The molecule has 0 radical (unpaired) electrons. The van der Waals surface area contributed by atoms with Gasteiger partial charge in [-0.2, -0.15) is 0 Å². The second-order valence-electron chi connectivity index (χ2n) is 7.67. The fourth-order valence-corrected chi connectivity index (χ4v) is 4.94. The molecule has 2 aliphatic rings. The Bertz CT molecular complexity index is 271. The maximum atomic E-state index is 5.65. The van der Waals surface area contributed by atoms with Crippen molar-refractivity contribution >= 4 is 0 Å². The van der Waals surface area contributed by atoms with Crippen LogP contribution in [0, 0.1) is 10.8 Å². The molecule has 1 saturated carbocycles. The van der Waals surface area contributed by atoms with Crippen LogP contribution < -0.4 is 5.73 Å². The molecule has 2 N–H and O–H groups in total. The predicted molar refractivity (Wildman–Crippen MR) is 87.9 cm³/mol. The summed E-state index contributed by atoms with van der Waals surface area (Å²) in [5, 5.41) is 0. The van der Waals surface area contributed by atoms with Gasteiger partial charge in [-0.15, -0.1) is 0 Å². The Labute approximate surface area is 126 Å². The van der Waals surface area contributed by atoms with Crippen molar-refractivity contribution in [2.24, 2.45) is 16.6 Å². The van der Waals surface area contributed by atoms with Crippen molar-refractivity contribution < 1.29 is 0 Å². The molecule has 2 fully saturated rings. The van der Waals surface area contributed by atoms with Crippen LogP contribution in [0.15, 0.2) is 0 Å². The summed E-state index contributed by atoms with van der Waals surface area (Å²) in [4.78, 5) is 2.68. The van der Waals surface area contributed by atoms with Crippen molar-refractivity contribution in [2.75, 3.05) is 26.2 Å². The quantitative estimate of drug-likeness (QED) is 0.757. The van der Waals surface area contributed by atoms with Gasteiger partial charge in [0.1, 0.15) is 0 Å². The van der Waals surface area contributed by atoms with E-state index in [-0.39, 0.29) is 0 Å². The Morgan fingerprint density at radius 2 is 1.60 bits per heavy atom. The zero-order valence-electron chi connectivity index (χ0n) is 13.9. The molecule has 0 aromatic rings. The van der Waals surface area contributed by atoms with Crippen LogP contribution in [0.1, 0.15) is 78.1 Å². The maximum Gasteiger partial charge on any atom is 0.00385 e. The fourth-order valence-electron chi connectivity index (χ4n) is 4.94. The van der Waals surface area contributed by atoms with Gasteiger partial charge in [0.05, 0.1) is 0 Å². The van der Waals surface area contributed by atoms with Gasteiger partial charge in [0.25, 0.3) is 0 Å². The van der Waals surface area contributed by atoms with Gasteiger partial charge in [0.15, 0.2) is 0 Å². The Balaban J connectivity index is 1.86. The van der Waals surface area contributed by atoms with E-state index in [0.29, 0.717) is 10.8 Å². The standard InChI is InChI=1S/C18H36N2/c1-3-6-17(7-4-2)8-10-18(11-9-17)12-15-20(16-18)14-5-13-19/h3-16,19H2,1-2H3. The summed E-state index contributed by atoms with van der Waals surface area (Å²) in [5.41, 5.74) is 7.04. The zero-order valence-corrected chi connectivity index (χ0v) is 13.9. The van der Waals surface area contributed by atoms with Gasteiger partial charge in [-0.1, -0.05) is 26.7 Å². The number of nitrogens with two attached hydrogens (primary N) is 1. The van der Waals surface area contributed by atoms with Crippen LogP contribution in [0.2, 0.25) is 0 Å². The van der Waals surface area contributed by atoms with Crippen LogP contribution in [0.3, 0.4) is 0 Å². The Morgan fingerprint density at radius 1 is 0.950 bits per heavy atom. The maximum absolute atomic E-state index is 5.65. The number of likely N-dealkylation sites (tertiary alicyclic amines) is 1. The average molecular weight is 280 g/mol. The highest BCUT2D eigenvalue weighted by molar-refractivity contribution is 4.97. The van der Waals surface area contributed by atoms with E-state index in [1.807, 2.05) is 0 Å². The monoisotopic (exact) mass is 280 g/mol. The SMILES string of the molecule is CCCC1(CCC)CCC2(CCN(CCCN)C2)CC1. The summed E-state index contributed by atoms with van der Waals surface area (Å²) < 4.78 is 0. The number of hydrogen-bond donors (Lipinski definition) is 1. The van der Waals surface area contributed by atoms with E-state index >= 15 is 0 Å². The van der Waals surface area contributed by atoms with E-state index in [1.165, 1.54) is 83.8 Å². The van der Waals surface area contributed by atoms with Crippen LogP contribution in [0.5, 0.6) is 0 Å². The van der Waals surface area contributed by atoms with E-state index < -0.39 is 0 Å². The van der Waals surface area contributed by atoms with Crippen LogP contribution in [0.4, 0.5) is 0 Å². The number of rotatable bonds is 7. The third-order valence-electron chi connectivity index (χ3n) is 6.13. The normalized spacial score (nSPS) is 25.4. The molecule has 0 unspecified atom stereocenters. The van der Waals surface area contributed by atoms with E-state index in [9.17, 15) is 0 Å². The van der Waals surface area contributed by atoms with E-state index in [4.69, 9.17) is 5.73 Å². The van der Waals surface area contributed by atoms with Gasteiger partial charge in [-0.3, -0.25) is 0 Å². The smallest absolute Gasteiger partial charge is 0.00385 e. The van der Waals surface area contributed by atoms with E-state index in [1.54, 1.807) is 0 Å². The Morgan fingerprint density at radius 3 is 2.15 bits per heavy atom. The van der Waals surface area contributed by atoms with Crippen molar-refractivity contribution in [1.29, 1.82) is 0 Å². The van der Waals surface area contributed by atoms with Gasteiger partial charge in [0.2, 0.25) is 0 Å². The first-order valence-corrected chi connectivity index (χ1v) is 9.10. The third-order valence-corrected chi connectivity index (χ3v) is 6.13. The molecule has 0 amide bonds. The minimum absolute atomic E-state index is 0.680. The third kappa shape index (κ3) is 3.76. The molecular weight excluding hydrogens is 244 g/mol. The molecule has 2 heteroatoms. The molecule has 2 rings (SSSR count). The first-order valence-electron chi connectivity index (χ1n) is 9.10. The van der Waals surface area contributed by atoms with Crippen LogP contribution in [-0.2, 0) is 0 Å². The lowest BCUT2D eigenvalue weighted by atomic mass is 9.60. The molecule has 0 bridgehead atoms. The second kappa shape index (κ2) is 7.26. The fraction of sp³-hybridized carbons (Fsp3) is 1.00. The summed E-state index contributed by atoms with van der Waals surface area (Å²) in [6.07, 6.45) is 14.3. The minimum atomic E-state index is 0.680. The highest BCUT2D eigenvalue weighted by Gasteiger charge is 2.44. The largest absolute Gasteiger partial charge is 0.330 e. The highest BCUT2D eigenvalue weighted by Crippen LogP contribution is 2.53. The van der Waals surface area contributed by atoms with Crippen LogP contribution in [0.25, 0.3) is 0 Å². The summed E-state index contributed by atoms with van der Waals surface area (Å²) in [6, 6.07) is 0. The first-order chi connectivity index (χ1) is 9.67. The van der Waals surface area contributed by atoms with Crippen LogP contribution >= 0.6 is 0 Å². The molecule has 0 aromatic carbocycles. The molecule has 1 aliphatic carbocycles. The van der Waals surface area contributed by atoms with Gasteiger partial charge in [-0.25, -0.2) is 0 Å². The molecule has 2 nitrogen and oxygen atoms in total. The van der Waals surface area contributed by atoms with Crippen molar-refractivity contribution in [3.63, 3.8) is 0 Å². The molecular formula is C18H36N2. The number of hydrogen-bond acceptors (Lipinski definition) is 2. The molecule has 118 valence electrons. The van der Waals surface area contributed by atoms with Crippen molar-refractivity contribution in [3.8, 4) is 0 Å². The Hall–Kier alpha value is -0.0800.